The van der Waals surface area contributed by atoms with Gasteiger partial charge in [0.2, 0.25) is 0 Å². The smallest absolute Gasteiger partial charge is 0.282 e. The Hall–Kier alpha value is -2.93. The van der Waals surface area contributed by atoms with Gasteiger partial charge in [-0.05, 0) is 31.2 Å². The first-order chi connectivity index (χ1) is 12.3. The molecule has 6 nitrogen and oxygen atoms in total. The third kappa shape index (κ3) is 3.13. The molecule has 0 unspecified atom stereocenters. The van der Waals surface area contributed by atoms with Crippen LogP contribution >= 0.6 is 0 Å². The summed E-state index contributed by atoms with van der Waals surface area (Å²) in [6.45, 7) is 1.63. The van der Waals surface area contributed by atoms with Crippen molar-refractivity contribution in [3.8, 4) is 5.69 Å². The van der Waals surface area contributed by atoms with Crippen molar-refractivity contribution >= 4 is 15.6 Å². The average molecular weight is 370 g/mol. The highest BCUT2D eigenvalue weighted by Crippen LogP contribution is 2.15. The highest BCUT2D eigenvalue weighted by molar-refractivity contribution is 7.92. The third-order valence-corrected chi connectivity index (χ3v) is 5.89. The molecule has 134 valence electrons. The van der Waals surface area contributed by atoms with Gasteiger partial charge in [-0.3, -0.25) is 14.3 Å². The molecule has 3 rings (SSSR count). The van der Waals surface area contributed by atoms with E-state index in [4.69, 9.17) is 0 Å². The summed E-state index contributed by atoms with van der Waals surface area (Å²) in [6.07, 6.45) is 0. The molecule has 0 N–H and O–H groups in total. The average Bonchev–Trinajstić information content (AvgIpc) is 2.85. The van der Waals surface area contributed by atoms with Crippen LogP contribution in [-0.4, -0.2) is 29.3 Å². The number of hydrogen-bond donors (Lipinski definition) is 0. The van der Waals surface area contributed by atoms with E-state index in [-0.39, 0.29) is 10.5 Å². The normalized spacial score (nSPS) is 11.5. The van der Waals surface area contributed by atoms with Crippen molar-refractivity contribution in [3.63, 3.8) is 0 Å². The molecule has 7 heteroatoms. The molecule has 0 aliphatic heterocycles. The number of sulfone groups is 1. The number of ketones is 1. The first-order valence-corrected chi connectivity index (χ1v) is 9.63. The van der Waals surface area contributed by atoms with Crippen LogP contribution < -0.4 is 5.56 Å². The van der Waals surface area contributed by atoms with Gasteiger partial charge in [0.25, 0.3) is 5.56 Å². The van der Waals surface area contributed by atoms with Crippen LogP contribution in [-0.2, 0) is 16.9 Å². The van der Waals surface area contributed by atoms with Crippen LogP contribution in [0.5, 0.6) is 0 Å². The fourth-order valence-electron chi connectivity index (χ4n) is 2.85. The quantitative estimate of drug-likeness (QED) is 0.645. The van der Waals surface area contributed by atoms with E-state index >= 15 is 0 Å². The molecule has 1 heterocycles. The van der Waals surface area contributed by atoms with E-state index < -0.39 is 26.9 Å². The lowest BCUT2D eigenvalue weighted by Crippen LogP contribution is -2.25. The second-order valence-electron chi connectivity index (χ2n) is 5.93. The van der Waals surface area contributed by atoms with Gasteiger partial charge in [0, 0.05) is 12.7 Å². The Kier molecular flexibility index (Phi) is 4.65. The standard InChI is InChI=1S/C19H18N2O4S/c1-14-18(17(22)13-26(24,25)16-11-7-4-8-12-16)19(23)21(20(14)2)15-9-5-3-6-10-15/h3-12H,13H2,1-2H3. The Morgan fingerprint density at radius 3 is 2.08 bits per heavy atom. The number of Topliss-reactive ketones (excluding diaryl/α,β-unsaturated/α-hetero) is 1. The first-order valence-electron chi connectivity index (χ1n) is 7.98. The fraction of sp³-hybridized carbons (Fsp3) is 0.158. The molecule has 26 heavy (non-hydrogen) atoms. The summed E-state index contributed by atoms with van der Waals surface area (Å²) in [5, 5.41) is 0. The van der Waals surface area contributed by atoms with Crippen LogP contribution in [0.2, 0.25) is 0 Å². The Morgan fingerprint density at radius 2 is 1.50 bits per heavy atom. The Labute approximate surface area is 151 Å². The van der Waals surface area contributed by atoms with Crippen LogP contribution in [0.3, 0.4) is 0 Å². The molecule has 0 spiro atoms. The molecule has 2 aromatic carbocycles. The molecule has 0 aliphatic carbocycles. The van der Waals surface area contributed by atoms with E-state index in [1.54, 1.807) is 61.1 Å². The maximum absolute atomic E-state index is 12.8. The van der Waals surface area contributed by atoms with Gasteiger partial charge in [0.1, 0.15) is 11.3 Å². The predicted octanol–water partition coefficient (Wildman–Crippen LogP) is 2.14. The number of carbonyl (C=O) groups is 1. The van der Waals surface area contributed by atoms with Crippen LogP contribution in [0.4, 0.5) is 0 Å². The van der Waals surface area contributed by atoms with E-state index in [1.807, 2.05) is 6.07 Å². The molecule has 0 bridgehead atoms. The third-order valence-electron chi connectivity index (χ3n) is 4.26. The summed E-state index contributed by atoms with van der Waals surface area (Å²) >= 11 is 0. The maximum Gasteiger partial charge on any atom is 0.282 e. The van der Waals surface area contributed by atoms with Gasteiger partial charge in [-0.2, -0.15) is 0 Å². The van der Waals surface area contributed by atoms with E-state index in [2.05, 4.69) is 0 Å². The number of rotatable bonds is 5. The zero-order chi connectivity index (χ0) is 18.9. The molecule has 1 aromatic heterocycles. The second kappa shape index (κ2) is 6.76. The van der Waals surface area contributed by atoms with E-state index in [0.717, 1.165) is 0 Å². The lowest BCUT2D eigenvalue weighted by atomic mass is 10.2. The largest absolute Gasteiger partial charge is 0.293 e. The summed E-state index contributed by atoms with van der Waals surface area (Å²) < 4.78 is 27.8. The lowest BCUT2D eigenvalue weighted by molar-refractivity contribution is 0.101. The molecule has 0 amide bonds. The number of nitrogens with zero attached hydrogens (tertiary/aromatic N) is 2. The van der Waals surface area contributed by atoms with Crippen molar-refractivity contribution in [2.24, 2.45) is 7.05 Å². The van der Waals surface area contributed by atoms with Crippen molar-refractivity contribution in [1.29, 1.82) is 0 Å². The maximum atomic E-state index is 12.8. The predicted molar refractivity (Wildman–Crippen MR) is 98.6 cm³/mol. The minimum Gasteiger partial charge on any atom is -0.293 e. The summed E-state index contributed by atoms with van der Waals surface area (Å²) in [4.78, 5) is 25.5. The highest BCUT2D eigenvalue weighted by atomic mass is 32.2. The van der Waals surface area contributed by atoms with Gasteiger partial charge in [-0.25, -0.2) is 13.1 Å². The summed E-state index contributed by atoms with van der Waals surface area (Å²) in [7, 11) is -2.16. The Morgan fingerprint density at radius 1 is 0.962 bits per heavy atom. The number of aromatic nitrogens is 2. The number of hydrogen-bond acceptors (Lipinski definition) is 4. The zero-order valence-corrected chi connectivity index (χ0v) is 15.2. The van der Waals surface area contributed by atoms with Crippen LogP contribution in [0.1, 0.15) is 16.1 Å². The number of benzene rings is 2. The van der Waals surface area contributed by atoms with Crippen molar-refractivity contribution in [2.45, 2.75) is 11.8 Å². The minimum absolute atomic E-state index is 0.0605. The van der Waals surface area contributed by atoms with E-state index in [9.17, 15) is 18.0 Å². The van der Waals surface area contributed by atoms with Crippen molar-refractivity contribution in [1.82, 2.24) is 9.36 Å². The fourth-order valence-corrected chi connectivity index (χ4v) is 4.07. The zero-order valence-electron chi connectivity index (χ0n) is 14.4. The van der Waals surface area contributed by atoms with Gasteiger partial charge >= 0.3 is 0 Å². The van der Waals surface area contributed by atoms with Gasteiger partial charge in [0.05, 0.1) is 10.6 Å². The van der Waals surface area contributed by atoms with Crippen molar-refractivity contribution in [3.05, 3.63) is 82.3 Å². The van der Waals surface area contributed by atoms with Gasteiger partial charge in [-0.1, -0.05) is 36.4 Å². The Bertz CT molecular complexity index is 1110. The van der Waals surface area contributed by atoms with Gasteiger partial charge < -0.3 is 0 Å². The topological polar surface area (TPSA) is 78.1 Å². The molecule has 0 atom stereocenters. The molecular formula is C19H18N2O4S. The van der Waals surface area contributed by atoms with Crippen LogP contribution in [0, 0.1) is 6.92 Å². The van der Waals surface area contributed by atoms with Crippen LogP contribution in [0.25, 0.3) is 5.69 Å². The molecule has 3 aromatic rings. The SMILES string of the molecule is Cc1c(C(=O)CS(=O)(=O)c2ccccc2)c(=O)n(-c2ccccc2)n1C. The number of carbonyl (C=O) groups excluding carboxylic acids is 1. The summed E-state index contributed by atoms with van der Waals surface area (Å²) in [5.41, 5.74) is 0.403. The highest BCUT2D eigenvalue weighted by Gasteiger charge is 2.27. The molecule has 0 aliphatic rings. The monoisotopic (exact) mass is 370 g/mol. The van der Waals surface area contributed by atoms with Gasteiger partial charge in [-0.15, -0.1) is 0 Å². The lowest BCUT2D eigenvalue weighted by Gasteiger charge is -2.07. The Balaban J connectivity index is 2.03. The van der Waals surface area contributed by atoms with E-state index in [0.29, 0.717) is 11.4 Å². The molecule has 0 fully saturated rings. The molecule has 0 saturated heterocycles. The first kappa shape index (κ1) is 17.9. The second-order valence-corrected chi connectivity index (χ2v) is 7.92. The molecule has 0 radical (unpaired) electrons. The minimum atomic E-state index is -3.82. The number of para-hydroxylation sites is 1. The van der Waals surface area contributed by atoms with Gasteiger partial charge in [0.15, 0.2) is 15.6 Å². The van der Waals surface area contributed by atoms with E-state index in [1.165, 1.54) is 16.8 Å². The molecular weight excluding hydrogens is 352 g/mol. The summed E-state index contributed by atoms with van der Waals surface area (Å²) in [6, 6.07) is 16.6. The van der Waals surface area contributed by atoms with Crippen molar-refractivity contribution in [2.75, 3.05) is 5.75 Å². The van der Waals surface area contributed by atoms with Crippen molar-refractivity contribution < 1.29 is 13.2 Å². The molecule has 0 saturated carbocycles. The summed E-state index contributed by atoms with van der Waals surface area (Å²) in [5.74, 6) is -1.45. The van der Waals surface area contributed by atoms with Crippen LogP contribution in [0.15, 0.2) is 70.4 Å².